The van der Waals surface area contributed by atoms with E-state index in [1.807, 2.05) is 25.1 Å². The highest BCUT2D eigenvalue weighted by atomic mass is 32.2. The zero-order valence-electron chi connectivity index (χ0n) is 11.7. The molecule has 0 aliphatic carbocycles. The van der Waals surface area contributed by atoms with Crippen LogP contribution in [0.1, 0.15) is 20.3 Å². The Hall–Kier alpha value is -1.59. The first-order valence-electron chi connectivity index (χ1n) is 6.74. The second kappa shape index (κ2) is 6.24. The molecule has 2 aromatic carbocycles. The van der Waals surface area contributed by atoms with E-state index in [-0.39, 0.29) is 0 Å². The van der Waals surface area contributed by atoms with Crippen LogP contribution in [0.25, 0.3) is 10.8 Å². The number of hydrogen-bond donors (Lipinski definition) is 1. The average Bonchev–Trinajstić information content (AvgIpc) is 2.44. The summed E-state index contributed by atoms with van der Waals surface area (Å²) in [4.78, 5) is 0.291. The number of ether oxygens (including phenoxy) is 1. The molecule has 0 aliphatic heterocycles. The van der Waals surface area contributed by atoms with Crippen molar-refractivity contribution in [1.82, 2.24) is 4.72 Å². The van der Waals surface area contributed by atoms with Crippen LogP contribution in [0.15, 0.2) is 41.3 Å². The lowest BCUT2D eigenvalue weighted by Gasteiger charge is -2.12. The van der Waals surface area contributed by atoms with Crippen LogP contribution in [0.4, 0.5) is 0 Å². The van der Waals surface area contributed by atoms with Gasteiger partial charge in [0, 0.05) is 17.3 Å². The summed E-state index contributed by atoms with van der Waals surface area (Å²) in [5, 5.41) is 1.50. The van der Waals surface area contributed by atoms with Crippen molar-refractivity contribution in [1.29, 1.82) is 0 Å². The van der Waals surface area contributed by atoms with Crippen molar-refractivity contribution in [3.63, 3.8) is 0 Å². The topological polar surface area (TPSA) is 55.4 Å². The lowest BCUT2D eigenvalue weighted by Crippen LogP contribution is -2.23. The molecular weight excluding hydrogens is 274 g/mol. The first-order valence-corrected chi connectivity index (χ1v) is 8.22. The molecule has 0 heterocycles. The van der Waals surface area contributed by atoms with E-state index in [0.29, 0.717) is 23.4 Å². The van der Waals surface area contributed by atoms with Crippen LogP contribution in [0.3, 0.4) is 0 Å². The molecule has 0 unspecified atom stereocenters. The van der Waals surface area contributed by atoms with Gasteiger partial charge in [-0.3, -0.25) is 0 Å². The molecule has 2 aromatic rings. The van der Waals surface area contributed by atoms with Crippen molar-refractivity contribution in [3.05, 3.63) is 36.4 Å². The molecule has 0 spiro atoms. The predicted molar refractivity (Wildman–Crippen MR) is 80.6 cm³/mol. The zero-order valence-corrected chi connectivity index (χ0v) is 12.5. The van der Waals surface area contributed by atoms with Gasteiger partial charge in [0.2, 0.25) is 10.0 Å². The van der Waals surface area contributed by atoms with Crippen molar-refractivity contribution >= 4 is 20.8 Å². The Morgan fingerprint density at radius 1 is 1.05 bits per heavy atom. The molecule has 0 bridgehead atoms. The minimum absolute atomic E-state index is 0.291. The molecule has 0 fully saturated rings. The van der Waals surface area contributed by atoms with E-state index in [0.717, 1.165) is 17.6 Å². The van der Waals surface area contributed by atoms with Gasteiger partial charge in [0.25, 0.3) is 0 Å². The quantitative estimate of drug-likeness (QED) is 0.891. The number of benzene rings is 2. The van der Waals surface area contributed by atoms with Gasteiger partial charge >= 0.3 is 0 Å². The van der Waals surface area contributed by atoms with Gasteiger partial charge in [0.15, 0.2) is 0 Å². The Bertz CT molecular complexity index is 695. The van der Waals surface area contributed by atoms with Crippen LogP contribution in [-0.2, 0) is 10.0 Å². The van der Waals surface area contributed by atoms with E-state index in [1.165, 1.54) is 0 Å². The number of fused-ring (bicyclic) bond motifs is 1. The van der Waals surface area contributed by atoms with Crippen LogP contribution in [0.2, 0.25) is 0 Å². The van der Waals surface area contributed by atoms with Gasteiger partial charge in [-0.25, -0.2) is 13.1 Å². The van der Waals surface area contributed by atoms with Crippen molar-refractivity contribution in [2.75, 3.05) is 13.2 Å². The van der Waals surface area contributed by atoms with E-state index in [1.54, 1.807) is 25.1 Å². The fourth-order valence-electron chi connectivity index (χ4n) is 2.08. The fourth-order valence-corrected chi connectivity index (χ4v) is 3.33. The molecule has 0 aliphatic rings. The normalized spacial score (nSPS) is 11.7. The second-order valence-electron chi connectivity index (χ2n) is 4.46. The summed E-state index contributed by atoms with van der Waals surface area (Å²) in [6.07, 6.45) is 0.908. The maximum atomic E-state index is 12.2. The third-order valence-electron chi connectivity index (χ3n) is 2.93. The molecule has 4 nitrogen and oxygen atoms in total. The summed E-state index contributed by atoms with van der Waals surface area (Å²) >= 11 is 0. The molecule has 20 heavy (non-hydrogen) atoms. The molecular formula is C15H19NO3S. The standard InChI is InChI=1S/C15H19NO3S/c1-3-11-19-14-9-10-15(20(17,18)16-4-2)13-8-6-5-7-12(13)14/h5-10,16H,3-4,11H2,1-2H3. The maximum absolute atomic E-state index is 12.2. The maximum Gasteiger partial charge on any atom is 0.241 e. The summed E-state index contributed by atoms with van der Waals surface area (Å²) in [6.45, 7) is 4.78. The predicted octanol–water partition coefficient (Wildman–Crippen LogP) is 2.93. The number of sulfonamides is 1. The van der Waals surface area contributed by atoms with E-state index in [4.69, 9.17) is 4.74 Å². The van der Waals surface area contributed by atoms with Crippen LogP contribution >= 0.6 is 0 Å². The van der Waals surface area contributed by atoms with Gasteiger partial charge in [-0.15, -0.1) is 0 Å². The van der Waals surface area contributed by atoms with E-state index >= 15 is 0 Å². The molecule has 0 atom stereocenters. The van der Waals surface area contributed by atoms with Crippen molar-refractivity contribution in [2.24, 2.45) is 0 Å². The minimum atomic E-state index is -3.48. The molecule has 0 radical (unpaired) electrons. The zero-order chi connectivity index (χ0) is 14.6. The smallest absolute Gasteiger partial charge is 0.241 e. The summed E-state index contributed by atoms with van der Waals surface area (Å²) in [6, 6.07) is 10.7. The minimum Gasteiger partial charge on any atom is -0.493 e. The summed E-state index contributed by atoms with van der Waals surface area (Å²) in [5.74, 6) is 0.720. The van der Waals surface area contributed by atoms with Crippen LogP contribution < -0.4 is 9.46 Å². The molecule has 1 N–H and O–H groups in total. The van der Waals surface area contributed by atoms with Crippen molar-refractivity contribution < 1.29 is 13.2 Å². The van der Waals surface area contributed by atoms with Gasteiger partial charge < -0.3 is 4.74 Å². The molecule has 0 amide bonds. The van der Waals surface area contributed by atoms with Gasteiger partial charge in [-0.1, -0.05) is 38.1 Å². The monoisotopic (exact) mass is 293 g/mol. The molecule has 0 aromatic heterocycles. The first kappa shape index (κ1) is 14.8. The Morgan fingerprint density at radius 3 is 2.40 bits per heavy atom. The number of hydrogen-bond acceptors (Lipinski definition) is 3. The van der Waals surface area contributed by atoms with E-state index in [9.17, 15) is 8.42 Å². The Morgan fingerprint density at radius 2 is 1.75 bits per heavy atom. The molecule has 108 valence electrons. The SMILES string of the molecule is CCCOc1ccc(S(=O)(=O)NCC)c2ccccc12. The van der Waals surface area contributed by atoms with Crippen molar-refractivity contribution in [3.8, 4) is 5.75 Å². The van der Waals surface area contributed by atoms with Crippen LogP contribution in [0.5, 0.6) is 5.75 Å². The van der Waals surface area contributed by atoms with E-state index < -0.39 is 10.0 Å². The third-order valence-corrected chi connectivity index (χ3v) is 4.53. The summed E-state index contributed by atoms with van der Waals surface area (Å²) < 4.78 is 32.6. The second-order valence-corrected chi connectivity index (χ2v) is 6.19. The average molecular weight is 293 g/mol. The lowest BCUT2D eigenvalue weighted by molar-refractivity contribution is 0.321. The fraction of sp³-hybridized carbons (Fsp3) is 0.333. The van der Waals surface area contributed by atoms with Crippen LogP contribution in [-0.4, -0.2) is 21.6 Å². The highest BCUT2D eigenvalue weighted by Crippen LogP contribution is 2.31. The van der Waals surface area contributed by atoms with E-state index in [2.05, 4.69) is 4.72 Å². The highest BCUT2D eigenvalue weighted by molar-refractivity contribution is 7.89. The molecule has 2 rings (SSSR count). The Labute approximate surface area is 119 Å². The largest absolute Gasteiger partial charge is 0.493 e. The molecule has 5 heteroatoms. The van der Waals surface area contributed by atoms with Gasteiger partial charge in [-0.05, 0) is 18.6 Å². The Balaban J connectivity index is 2.60. The van der Waals surface area contributed by atoms with Crippen molar-refractivity contribution in [2.45, 2.75) is 25.2 Å². The number of nitrogens with one attached hydrogen (secondary N) is 1. The first-order chi connectivity index (χ1) is 9.60. The molecule has 0 saturated heterocycles. The summed E-state index contributed by atoms with van der Waals surface area (Å²) in [7, 11) is -3.48. The van der Waals surface area contributed by atoms with Gasteiger partial charge in [0.05, 0.1) is 11.5 Å². The van der Waals surface area contributed by atoms with Crippen LogP contribution in [0, 0.1) is 0 Å². The highest BCUT2D eigenvalue weighted by Gasteiger charge is 2.17. The lowest BCUT2D eigenvalue weighted by atomic mass is 10.1. The Kier molecular flexibility index (Phi) is 4.62. The molecule has 0 saturated carbocycles. The number of rotatable bonds is 6. The summed E-state index contributed by atoms with van der Waals surface area (Å²) in [5.41, 5.74) is 0. The third kappa shape index (κ3) is 2.94. The van der Waals surface area contributed by atoms with Gasteiger partial charge in [0.1, 0.15) is 5.75 Å². The van der Waals surface area contributed by atoms with Gasteiger partial charge in [-0.2, -0.15) is 0 Å².